The Morgan fingerprint density at radius 3 is 2.24 bits per heavy atom. The van der Waals surface area contributed by atoms with Gasteiger partial charge in [0.1, 0.15) is 5.75 Å². The molecule has 1 aromatic carbocycles. The molecular weight excluding hydrogens is 360 g/mol. The lowest BCUT2D eigenvalue weighted by molar-refractivity contribution is -0.0555. The third-order valence-electron chi connectivity index (χ3n) is 7.18. The Balaban J connectivity index is 1.86. The van der Waals surface area contributed by atoms with Crippen molar-refractivity contribution in [3.63, 3.8) is 0 Å². The van der Waals surface area contributed by atoms with Crippen molar-refractivity contribution < 1.29 is 9.84 Å². The zero-order chi connectivity index (χ0) is 20.5. The van der Waals surface area contributed by atoms with E-state index in [1.165, 1.54) is 44.9 Å². The first-order valence-electron chi connectivity index (χ1n) is 11.9. The van der Waals surface area contributed by atoms with Gasteiger partial charge >= 0.3 is 0 Å². The molecule has 2 unspecified atom stereocenters. The molecule has 0 bridgehead atoms. The van der Waals surface area contributed by atoms with Crippen LogP contribution in [0.3, 0.4) is 0 Å². The summed E-state index contributed by atoms with van der Waals surface area (Å²) in [6.07, 6.45) is 12.1. The van der Waals surface area contributed by atoms with Gasteiger partial charge in [0.2, 0.25) is 0 Å². The second-order valence-electron chi connectivity index (χ2n) is 9.29. The highest BCUT2D eigenvalue weighted by Crippen LogP contribution is 2.42. The Kier molecular flexibility index (Phi) is 8.83. The monoisotopic (exact) mass is 402 g/mol. The van der Waals surface area contributed by atoms with Crippen LogP contribution in [0.15, 0.2) is 24.3 Å². The Hall–Kier alpha value is -1.10. The zero-order valence-electron chi connectivity index (χ0n) is 18.7. The van der Waals surface area contributed by atoms with E-state index in [1.807, 2.05) is 12.1 Å². The van der Waals surface area contributed by atoms with E-state index in [0.717, 1.165) is 63.3 Å². The molecule has 1 N–H and O–H groups in total. The number of methoxy groups -OCH3 is 1. The van der Waals surface area contributed by atoms with Crippen LogP contribution in [0.25, 0.3) is 0 Å². The topological polar surface area (TPSA) is 35.9 Å². The minimum Gasteiger partial charge on any atom is -0.496 e. The minimum absolute atomic E-state index is 0.252. The highest BCUT2D eigenvalue weighted by Gasteiger charge is 2.40. The first kappa shape index (κ1) is 22.6. The van der Waals surface area contributed by atoms with E-state index in [-0.39, 0.29) is 5.92 Å². The van der Waals surface area contributed by atoms with Gasteiger partial charge in [-0.2, -0.15) is 0 Å². The highest BCUT2D eigenvalue weighted by atomic mass is 16.5. The molecule has 1 saturated carbocycles. The fraction of sp³-hybridized carbons (Fsp3) is 0.760. The number of hydrogen-bond donors (Lipinski definition) is 1. The van der Waals surface area contributed by atoms with Gasteiger partial charge in [0.05, 0.1) is 12.7 Å². The Morgan fingerprint density at radius 1 is 0.931 bits per heavy atom. The summed E-state index contributed by atoms with van der Waals surface area (Å²) in [4.78, 5) is 4.99. The van der Waals surface area contributed by atoms with E-state index in [1.54, 1.807) is 7.11 Å². The number of para-hydroxylation sites is 1. The molecule has 164 valence electrons. The van der Waals surface area contributed by atoms with Gasteiger partial charge in [0, 0.05) is 44.2 Å². The van der Waals surface area contributed by atoms with Crippen molar-refractivity contribution in [2.45, 2.75) is 69.8 Å². The normalized spacial score (nSPS) is 29.0. The minimum atomic E-state index is -0.810. The van der Waals surface area contributed by atoms with E-state index in [2.05, 4.69) is 29.0 Å². The third-order valence-corrected chi connectivity index (χ3v) is 7.18. The lowest BCUT2D eigenvalue weighted by Gasteiger charge is -2.42. The average Bonchev–Trinajstić information content (AvgIpc) is 2.74. The molecule has 0 radical (unpaired) electrons. The summed E-state index contributed by atoms with van der Waals surface area (Å²) in [6, 6.07) is 8.17. The quantitative estimate of drug-likeness (QED) is 0.794. The van der Waals surface area contributed by atoms with Gasteiger partial charge in [0.25, 0.3) is 0 Å². The molecule has 1 aliphatic carbocycles. The predicted octanol–water partition coefficient (Wildman–Crippen LogP) is 4.66. The molecule has 0 spiro atoms. The van der Waals surface area contributed by atoms with Crippen molar-refractivity contribution >= 4 is 0 Å². The van der Waals surface area contributed by atoms with Crippen LogP contribution in [0.1, 0.15) is 69.8 Å². The molecule has 3 rings (SSSR count). The highest BCUT2D eigenvalue weighted by molar-refractivity contribution is 5.38. The molecule has 4 nitrogen and oxygen atoms in total. The Bertz CT molecular complexity index is 600. The van der Waals surface area contributed by atoms with Gasteiger partial charge in [-0.15, -0.1) is 0 Å². The summed E-state index contributed by atoms with van der Waals surface area (Å²) in [6.45, 7) is 5.45. The van der Waals surface area contributed by atoms with Crippen molar-refractivity contribution in [3.05, 3.63) is 29.8 Å². The number of likely N-dealkylation sites (N-methyl/N-ethyl adjacent to an activating group) is 1. The van der Waals surface area contributed by atoms with Gasteiger partial charge < -0.3 is 19.6 Å². The predicted molar refractivity (Wildman–Crippen MR) is 120 cm³/mol. The van der Waals surface area contributed by atoms with Crippen molar-refractivity contribution in [1.82, 2.24) is 9.80 Å². The Morgan fingerprint density at radius 2 is 1.55 bits per heavy atom. The number of nitrogens with zero attached hydrogens (tertiary/aromatic N) is 2. The number of hydrogen-bond acceptors (Lipinski definition) is 4. The molecule has 4 heteroatoms. The fourth-order valence-electron chi connectivity index (χ4n) is 5.23. The molecule has 2 atom stereocenters. The molecule has 1 aromatic rings. The zero-order valence-corrected chi connectivity index (χ0v) is 18.7. The van der Waals surface area contributed by atoms with Crippen LogP contribution in [-0.4, -0.2) is 61.8 Å². The number of ether oxygens (including phenoxy) is 1. The molecular formula is C25H42N2O2. The second-order valence-corrected chi connectivity index (χ2v) is 9.29. The number of benzene rings is 1. The van der Waals surface area contributed by atoms with E-state index in [9.17, 15) is 5.11 Å². The lowest BCUT2D eigenvalue weighted by Crippen LogP contribution is -2.49. The SMILES string of the molecule is COc1ccccc1C1(O)CCCCCCCCCCC1CN1CCN(C)CC1. The van der Waals surface area contributed by atoms with Gasteiger partial charge in [-0.25, -0.2) is 0 Å². The molecule has 1 heterocycles. The maximum atomic E-state index is 12.3. The average molecular weight is 403 g/mol. The van der Waals surface area contributed by atoms with E-state index in [0.29, 0.717) is 0 Å². The van der Waals surface area contributed by atoms with Crippen molar-refractivity contribution in [2.75, 3.05) is 46.9 Å². The maximum absolute atomic E-state index is 12.3. The molecule has 0 amide bonds. The van der Waals surface area contributed by atoms with Crippen LogP contribution in [0.4, 0.5) is 0 Å². The first-order chi connectivity index (χ1) is 14.1. The summed E-state index contributed by atoms with van der Waals surface area (Å²) in [5.41, 5.74) is 0.188. The van der Waals surface area contributed by atoms with Gasteiger partial charge in [-0.05, 0) is 26.0 Å². The smallest absolute Gasteiger partial charge is 0.124 e. The van der Waals surface area contributed by atoms with Gasteiger partial charge in [-0.1, -0.05) is 69.6 Å². The van der Waals surface area contributed by atoms with E-state index in [4.69, 9.17) is 4.74 Å². The van der Waals surface area contributed by atoms with Crippen LogP contribution in [-0.2, 0) is 5.60 Å². The molecule has 29 heavy (non-hydrogen) atoms. The van der Waals surface area contributed by atoms with Crippen molar-refractivity contribution in [3.8, 4) is 5.75 Å². The first-order valence-corrected chi connectivity index (χ1v) is 11.9. The largest absolute Gasteiger partial charge is 0.496 e. The summed E-state index contributed by atoms with van der Waals surface area (Å²) in [5, 5.41) is 12.3. The molecule has 1 saturated heterocycles. The summed E-state index contributed by atoms with van der Waals surface area (Å²) in [5.74, 6) is 1.09. The number of rotatable bonds is 4. The Labute approximate surface area is 178 Å². The van der Waals surface area contributed by atoms with Crippen molar-refractivity contribution in [1.29, 1.82) is 0 Å². The summed E-state index contributed by atoms with van der Waals surface area (Å²) in [7, 11) is 3.94. The molecule has 1 aliphatic heterocycles. The van der Waals surface area contributed by atoms with Crippen molar-refractivity contribution in [2.24, 2.45) is 5.92 Å². The van der Waals surface area contributed by atoms with Crippen LogP contribution in [0.2, 0.25) is 0 Å². The third kappa shape index (κ3) is 6.19. The lowest BCUT2D eigenvalue weighted by atomic mass is 9.74. The summed E-state index contributed by atoms with van der Waals surface area (Å²) >= 11 is 0. The number of piperazine rings is 1. The number of aliphatic hydroxyl groups is 1. The van der Waals surface area contributed by atoms with Crippen LogP contribution < -0.4 is 4.74 Å². The van der Waals surface area contributed by atoms with Gasteiger partial charge in [0.15, 0.2) is 0 Å². The van der Waals surface area contributed by atoms with Gasteiger partial charge in [-0.3, -0.25) is 0 Å². The second kappa shape index (κ2) is 11.3. The standard InChI is InChI=1S/C25H42N2O2/c1-26-17-19-27(20-18-26)21-22-13-9-7-5-3-4-6-8-12-16-25(22,28)23-14-10-11-15-24(23)29-2/h10-11,14-15,22,28H,3-9,12-13,16-21H2,1-2H3. The van der Waals surface area contributed by atoms with Crippen LogP contribution in [0.5, 0.6) is 5.75 Å². The fourth-order valence-corrected chi connectivity index (χ4v) is 5.23. The van der Waals surface area contributed by atoms with Crippen LogP contribution in [0, 0.1) is 5.92 Å². The summed E-state index contributed by atoms with van der Waals surface area (Å²) < 4.78 is 5.71. The van der Waals surface area contributed by atoms with E-state index >= 15 is 0 Å². The molecule has 2 aliphatic rings. The van der Waals surface area contributed by atoms with E-state index < -0.39 is 5.60 Å². The molecule has 0 aromatic heterocycles. The van der Waals surface area contributed by atoms with Crippen LogP contribution >= 0.6 is 0 Å². The molecule has 2 fully saturated rings. The maximum Gasteiger partial charge on any atom is 0.124 e.